The molecule has 112 valence electrons. The summed E-state index contributed by atoms with van der Waals surface area (Å²) in [6.45, 7) is 0. The number of hydrogen-bond acceptors (Lipinski definition) is 5. The number of nitrogens with zero attached hydrogens (tertiary/aromatic N) is 5. The third-order valence-corrected chi connectivity index (χ3v) is 3.99. The van der Waals surface area contributed by atoms with Crippen molar-refractivity contribution in [2.24, 2.45) is 10.7 Å². The molecule has 0 bridgehead atoms. The summed E-state index contributed by atoms with van der Waals surface area (Å²) in [5.41, 5.74) is 9.53. The number of aliphatic imine (C=N–C) groups is 1. The van der Waals surface area contributed by atoms with Crippen molar-refractivity contribution in [2.45, 2.75) is 6.17 Å². The average Bonchev–Trinajstić information content (AvgIpc) is 3.14. The molecular formula is C16H13N7. The van der Waals surface area contributed by atoms with Crippen LogP contribution in [0.5, 0.6) is 0 Å². The van der Waals surface area contributed by atoms with Crippen LogP contribution < -0.4 is 11.1 Å². The average molecular weight is 303 g/mol. The van der Waals surface area contributed by atoms with Gasteiger partial charge in [0, 0.05) is 12.4 Å². The molecule has 7 nitrogen and oxygen atoms in total. The van der Waals surface area contributed by atoms with E-state index in [0.29, 0.717) is 11.9 Å². The summed E-state index contributed by atoms with van der Waals surface area (Å²) in [7, 11) is 0. The van der Waals surface area contributed by atoms with Crippen molar-refractivity contribution >= 4 is 28.6 Å². The number of hydrogen-bond donors (Lipinski definition) is 2. The molecule has 0 fully saturated rings. The predicted octanol–water partition coefficient (Wildman–Crippen LogP) is 1.97. The highest BCUT2D eigenvalue weighted by molar-refractivity contribution is 5.94. The Morgan fingerprint density at radius 3 is 2.83 bits per heavy atom. The maximum Gasteiger partial charge on any atom is 0.212 e. The second kappa shape index (κ2) is 4.33. The summed E-state index contributed by atoms with van der Waals surface area (Å²) < 4.78 is 4.00. The number of pyridine rings is 1. The van der Waals surface area contributed by atoms with Crippen molar-refractivity contribution in [2.75, 3.05) is 5.32 Å². The summed E-state index contributed by atoms with van der Waals surface area (Å²) >= 11 is 0. The van der Waals surface area contributed by atoms with Gasteiger partial charge in [-0.1, -0.05) is 18.2 Å². The van der Waals surface area contributed by atoms with E-state index in [2.05, 4.69) is 20.3 Å². The Bertz CT molecular complexity index is 1040. The van der Waals surface area contributed by atoms with Gasteiger partial charge in [-0.2, -0.15) is 0 Å². The first-order valence-electron chi connectivity index (χ1n) is 7.30. The van der Waals surface area contributed by atoms with Gasteiger partial charge in [0.15, 0.2) is 12.1 Å². The first-order chi connectivity index (χ1) is 11.3. The van der Waals surface area contributed by atoms with Crippen molar-refractivity contribution < 1.29 is 0 Å². The Labute approximate surface area is 131 Å². The van der Waals surface area contributed by atoms with Crippen LogP contribution in [0, 0.1) is 0 Å². The lowest BCUT2D eigenvalue weighted by Crippen LogP contribution is -2.31. The van der Waals surface area contributed by atoms with E-state index in [-0.39, 0.29) is 6.17 Å². The second-order valence-corrected chi connectivity index (χ2v) is 5.44. The lowest BCUT2D eigenvalue weighted by Gasteiger charge is -2.21. The third-order valence-electron chi connectivity index (χ3n) is 3.99. The van der Waals surface area contributed by atoms with Gasteiger partial charge in [0.2, 0.25) is 5.95 Å². The fourth-order valence-corrected chi connectivity index (χ4v) is 2.99. The molecule has 0 spiro atoms. The molecule has 0 saturated heterocycles. The Hall–Kier alpha value is -3.35. The minimum absolute atomic E-state index is 0.335. The largest absolute Gasteiger partial charge is 0.370 e. The van der Waals surface area contributed by atoms with E-state index >= 15 is 0 Å². The van der Waals surface area contributed by atoms with Gasteiger partial charge in [-0.3, -0.25) is 9.88 Å². The van der Waals surface area contributed by atoms with E-state index < -0.39 is 0 Å². The number of aromatic nitrogens is 4. The van der Waals surface area contributed by atoms with Crippen LogP contribution >= 0.6 is 0 Å². The summed E-state index contributed by atoms with van der Waals surface area (Å²) in [4.78, 5) is 13.8. The van der Waals surface area contributed by atoms with Crippen LogP contribution in [0.1, 0.15) is 11.9 Å². The third kappa shape index (κ3) is 1.73. The van der Waals surface area contributed by atoms with Gasteiger partial charge in [0.05, 0.1) is 11.0 Å². The molecular weight excluding hydrogens is 290 g/mol. The molecule has 0 saturated carbocycles. The molecule has 7 heteroatoms. The van der Waals surface area contributed by atoms with Gasteiger partial charge in [-0.15, -0.1) is 0 Å². The van der Waals surface area contributed by atoms with Gasteiger partial charge in [-0.25, -0.2) is 15.0 Å². The van der Waals surface area contributed by atoms with Crippen LogP contribution in [0.15, 0.2) is 59.9 Å². The molecule has 1 unspecified atom stereocenters. The summed E-state index contributed by atoms with van der Waals surface area (Å²) in [6, 6.07) is 13.8. The zero-order chi connectivity index (χ0) is 15.4. The van der Waals surface area contributed by atoms with Crippen molar-refractivity contribution in [3.8, 4) is 0 Å². The van der Waals surface area contributed by atoms with Crippen molar-refractivity contribution in [1.82, 2.24) is 18.9 Å². The highest BCUT2D eigenvalue weighted by Crippen LogP contribution is 2.31. The van der Waals surface area contributed by atoms with Gasteiger partial charge < -0.3 is 10.1 Å². The number of rotatable bonds is 1. The number of nitrogens with one attached hydrogen (secondary N) is 1. The fourth-order valence-electron chi connectivity index (χ4n) is 2.99. The van der Waals surface area contributed by atoms with Gasteiger partial charge in [0.25, 0.3) is 0 Å². The maximum atomic E-state index is 5.94. The van der Waals surface area contributed by atoms with Crippen LogP contribution in [0.25, 0.3) is 16.7 Å². The Kier molecular flexibility index (Phi) is 2.30. The highest BCUT2D eigenvalue weighted by atomic mass is 15.4. The van der Waals surface area contributed by atoms with Gasteiger partial charge >= 0.3 is 0 Å². The standard InChI is InChI=1S/C16H13N7/c17-15-20-14(11-9-22-8-4-3-7-13(22)18-11)23-12-6-2-1-5-10(12)19-16(23)21-15/h1-9,14H,(H3,17,19,20,21). The van der Waals surface area contributed by atoms with E-state index in [1.54, 1.807) is 0 Å². The Morgan fingerprint density at radius 2 is 1.91 bits per heavy atom. The molecule has 3 N–H and O–H groups in total. The van der Waals surface area contributed by atoms with Crippen molar-refractivity contribution in [3.05, 3.63) is 60.6 Å². The molecule has 1 aliphatic rings. The number of imidazole rings is 2. The van der Waals surface area contributed by atoms with Gasteiger partial charge in [-0.05, 0) is 24.3 Å². The number of anilines is 1. The van der Waals surface area contributed by atoms with E-state index in [4.69, 9.17) is 5.73 Å². The normalized spacial score (nSPS) is 17.0. The summed E-state index contributed by atoms with van der Waals surface area (Å²) in [6.07, 6.45) is 3.60. The SMILES string of the molecule is NC1=NC(c2cn3ccccc3n2)n2c(nc3ccccc32)N1. The van der Waals surface area contributed by atoms with Crippen LogP contribution in [-0.4, -0.2) is 24.9 Å². The second-order valence-electron chi connectivity index (χ2n) is 5.44. The fraction of sp³-hybridized carbons (Fsp3) is 0.0625. The van der Waals surface area contributed by atoms with Crippen LogP contribution in [0.2, 0.25) is 0 Å². The van der Waals surface area contributed by atoms with Gasteiger partial charge in [0.1, 0.15) is 11.3 Å². The van der Waals surface area contributed by atoms with E-state index in [9.17, 15) is 0 Å². The number of nitrogens with two attached hydrogens (primary N) is 1. The van der Waals surface area contributed by atoms with E-state index in [1.165, 1.54) is 0 Å². The van der Waals surface area contributed by atoms with E-state index in [0.717, 1.165) is 22.4 Å². The summed E-state index contributed by atoms with van der Waals surface area (Å²) in [5, 5.41) is 3.03. The molecule has 1 aliphatic heterocycles. The number of guanidine groups is 1. The lowest BCUT2D eigenvalue weighted by molar-refractivity contribution is 0.612. The minimum Gasteiger partial charge on any atom is -0.370 e. The van der Waals surface area contributed by atoms with E-state index in [1.807, 2.05) is 63.8 Å². The van der Waals surface area contributed by atoms with Crippen molar-refractivity contribution in [3.63, 3.8) is 0 Å². The molecule has 0 amide bonds. The Balaban J connectivity index is 1.77. The lowest BCUT2D eigenvalue weighted by atomic mass is 10.3. The smallest absolute Gasteiger partial charge is 0.212 e. The molecule has 0 radical (unpaired) electrons. The maximum absolute atomic E-state index is 5.94. The molecule has 1 atom stereocenters. The number of fused-ring (bicyclic) bond motifs is 4. The number of benzene rings is 1. The predicted molar refractivity (Wildman–Crippen MR) is 88.3 cm³/mol. The highest BCUT2D eigenvalue weighted by Gasteiger charge is 2.26. The van der Waals surface area contributed by atoms with Crippen LogP contribution in [0.4, 0.5) is 5.95 Å². The number of para-hydroxylation sites is 2. The molecule has 5 rings (SSSR count). The molecule has 4 heterocycles. The van der Waals surface area contributed by atoms with Crippen LogP contribution in [-0.2, 0) is 0 Å². The first-order valence-corrected chi connectivity index (χ1v) is 7.30. The molecule has 0 aliphatic carbocycles. The minimum atomic E-state index is -0.335. The quantitative estimate of drug-likeness (QED) is 0.563. The topological polar surface area (TPSA) is 85.5 Å². The molecule has 23 heavy (non-hydrogen) atoms. The first kappa shape index (κ1) is 12.2. The molecule has 1 aromatic carbocycles. The molecule has 4 aromatic rings. The monoisotopic (exact) mass is 303 g/mol. The van der Waals surface area contributed by atoms with Crippen LogP contribution in [0.3, 0.4) is 0 Å². The summed E-state index contributed by atoms with van der Waals surface area (Å²) in [5.74, 6) is 1.02. The zero-order valence-corrected chi connectivity index (χ0v) is 12.1. The molecule has 3 aromatic heterocycles. The Morgan fingerprint density at radius 1 is 1.04 bits per heavy atom. The van der Waals surface area contributed by atoms with Crippen molar-refractivity contribution in [1.29, 1.82) is 0 Å². The zero-order valence-electron chi connectivity index (χ0n) is 12.1.